The van der Waals surface area contributed by atoms with Crippen LogP contribution in [0.25, 0.3) is 0 Å². The van der Waals surface area contributed by atoms with Gasteiger partial charge in [-0.1, -0.05) is 6.92 Å². The molecule has 0 aromatic rings. The normalized spacial score (nSPS) is 21.0. The monoisotopic (exact) mass is 169 g/mol. The van der Waals surface area contributed by atoms with E-state index in [2.05, 4.69) is 0 Å². The van der Waals surface area contributed by atoms with E-state index in [1.165, 1.54) is 0 Å². The second-order valence-corrected chi connectivity index (χ2v) is 3.10. The third-order valence-corrected chi connectivity index (χ3v) is 2.50. The number of halogens is 2. The fourth-order valence-electron chi connectivity index (χ4n) is 0.435. The molecular formula is C6H11Cl2O. The summed E-state index contributed by atoms with van der Waals surface area (Å²) in [6.07, 6.45) is -0.619. The molecule has 0 aromatic heterocycles. The van der Waals surface area contributed by atoms with Crippen LogP contribution in [0.1, 0.15) is 13.8 Å². The molecule has 0 aromatic carbocycles. The van der Waals surface area contributed by atoms with E-state index in [0.29, 0.717) is 5.88 Å². The summed E-state index contributed by atoms with van der Waals surface area (Å²) in [7, 11) is 0. The van der Waals surface area contributed by atoms with Gasteiger partial charge < -0.3 is 0 Å². The quantitative estimate of drug-likeness (QED) is 0.579. The summed E-state index contributed by atoms with van der Waals surface area (Å²) >= 11 is 11.1. The van der Waals surface area contributed by atoms with E-state index in [9.17, 15) is 5.11 Å². The minimum absolute atomic E-state index is 0.0378. The van der Waals surface area contributed by atoms with Crippen molar-refractivity contribution in [3.8, 4) is 0 Å². The molecule has 0 saturated carbocycles. The topological polar surface area (TPSA) is 19.9 Å². The third kappa shape index (κ3) is 3.29. The molecule has 3 atom stereocenters. The molecule has 9 heavy (non-hydrogen) atoms. The SMILES string of the molecule is CC([O])C(C)C(Cl)CCl. The highest BCUT2D eigenvalue weighted by Gasteiger charge is 2.18. The van der Waals surface area contributed by atoms with Crippen LogP contribution in [-0.2, 0) is 5.11 Å². The molecule has 0 aliphatic rings. The fourth-order valence-corrected chi connectivity index (χ4v) is 0.921. The first-order valence-electron chi connectivity index (χ1n) is 2.95. The van der Waals surface area contributed by atoms with Crippen LogP contribution < -0.4 is 0 Å². The molecule has 0 rings (SSSR count). The zero-order chi connectivity index (χ0) is 7.44. The van der Waals surface area contributed by atoms with Crippen molar-refractivity contribution in [2.24, 2.45) is 5.92 Å². The first kappa shape index (κ1) is 9.54. The highest BCUT2D eigenvalue weighted by Crippen LogP contribution is 2.15. The fraction of sp³-hybridized carbons (Fsp3) is 1.00. The van der Waals surface area contributed by atoms with Gasteiger partial charge in [0.2, 0.25) is 0 Å². The molecule has 1 nitrogen and oxygen atoms in total. The molecule has 0 aliphatic heterocycles. The van der Waals surface area contributed by atoms with Gasteiger partial charge in [0.05, 0.1) is 11.5 Å². The van der Waals surface area contributed by atoms with Crippen LogP contribution in [0.4, 0.5) is 0 Å². The molecule has 0 amide bonds. The van der Waals surface area contributed by atoms with Crippen molar-refractivity contribution in [3.63, 3.8) is 0 Å². The Morgan fingerprint density at radius 3 is 2.00 bits per heavy atom. The zero-order valence-electron chi connectivity index (χ0n) is 5.60. The van der Waals surface area contributed by atoms with E-state index in [1.54, 1.807) is 6.92 Å². The van der Waals surface area contributed by atoms with Crippen LogP contribution in [0.15, 0.2) is 0 Å². The van der Waals surface area contributed by atoms with Crippen LogP contribution in [0.5, 0.6) is 0 Å². The second kappa shape index (κ2) is 4.37. The average Bonchev–Trinajstić information content (AvgIpc) is 1.84. The maximum absolute atomic E-state index is 10.7. The van der Waals surface area contributed by atoms with Crippen LogP contribution in [0.2, 0.25) is 0 Å². The van der Waals surface area contributed by atoms with E-state index in [1.807, 2.05) is 6.92 Å². The zero-order valence-corrected chi connectivity index (χ0v) is 7.12. The predicted octanol–water partition coefficient (Wildman–Crippen LogP) is 2.29. The molecule has 1 radical (unpaired) electrons. The Morgan fingerprint density at radius 2 is 1.89 bits per heavy atom. The number of hydrogen-bond donors (Lipinski definition) is 0. The maximum Gasteiger partial charge on any atom is 0.0941 e. The molecule has 0 fully saturated rings. The molecule has 0 saturated heterocycles. The van der Waals surface area contributed by atoms with Gasteiger partial charge in [0.15, 0.2) is 0 Å². The summed E-state index contributed by atoms with van der Waals surface area (Å²) in [5.74, 6) is 0.319. The van der Waals surface area contributed by atoms with Crippen LogP contribution in [-0.4, -0.2) is 17.4 Å². The van der Waals surface area contributed by atoms with Crippen molar-refractivity contribution in [1.82, 2.24) is 0 Å². The Morgan fingerprint density at radius 1 is 1.44 bits per heavy atom. The van der Waals surface area contributed by atoms with Gasteiger partial charge in [-0.2, -0.15) is 0 Å². The van der Waals surface area contributed by atoms with Gasteiger partial charge in [0.25, 0.3) is 0 Å². The summed E-state index contributed by atoms with van der Waals surface area (Å²) in [5.41, 5.74) is 0. The van der Waals surface area contributed by atoms with E-state index >= 15 is 0 Å². The summed E-state index contributed by atoms with van der Waals surface area (Å²) in [5, 5.41) is 10.5. The largest absolute Gasteiger partial charge is 0.233 e. The molecule has 3 unspecified atom stereocenters. The highest BCUT2D eigenvalue weighted by atomic mass is 35.5. The Bertz CT molecular complexity index is 75.5. The molecule has 0 heterocycles. The van der Waals surface area contributed by atoms with Gasteiger partial charge in [-0.25, -0.2) is 5.11 Å². The molecule has 0 N–H and O–H groups in total. The van der Waals surface area contributed by atoms with Gasteiger partial charge >= 0.3 is 0 Å². The van der Waals surface area contributed by atoms with E-state index in [4.69, 9.17) is 23.2 Å². The minimum atomic E-state index is -0.619. The summed E-state index contributed by atoms with van der Waals surface area (Å²) in [4.78, 5) is 0. The molecule has 0 spiro atoms. The Kier molecular flexibility index (Phi) is 4.63. The van der Waals surface area contributed by atoms with Gasteiger partial charge in [0, 0.05) is 11.8 Å². The summed E-state index contributed by atoms with van der Waals surface area (Å²) < 4.78 is 0. The van der Waals surface area contributed by atoms with Gasteiger partial charge in [-0.15, -0.1) is 23.2 Å². The van der Waals surface area contributed by atoms with E-state index < -0.39 is 6.10 Å². The Labute approximate surface area is 66.0 Å². The Balaban J connectivity index is 3.58. The molecular weight excluding hydrogens is 159 g/mol. The van der Waals surface area contributed by atoms with Gasteiger partial charge in [0.1, 0.15) is 0 Å². The van der Waals surface area contributed by atoms with Crippen molar-refractivity contribution in [2.75, 3.05) is 5.88 Å². The van der Waals surface area contributed by atoms with Crippen LogP contribution in [0.3, 0.4) is 0 Å². The molecule has 3 heteroatoms. The van der Waals surface area contributed by atoms with Crippen molar-refractivity contribution in [2.45, 2.75) is 25.3 Å². The highest BCUT2D eigenvalue weighted by molar-refractivity contribution is 6.28. The van der Waals surface area contributed by atoms with Gasteiger partial charge in [-0.05, 0) is 6.92 Å². The number of rotatable bonds is 3. The lowest BCUT2D eigenvalue weighted by molar-refractivity contribution is 0.0593. The molecule has 55 valence electrons. The van der Waals surface area contributed by atoms with E-state index in [0.717, 1.165) is 0 Å². The number of alkyl halides is 2. The number of hydrogen-bond acceptors (Lipinski definition) is 0. The molecule has 0 bridgehead atoms. The first-order valence-corrected chi connectivity index (χ1v) is 3.92. The van der Waals surface area contributed by atoms with Gasteiger partial charge in [-0.3, -0.25) is 0 Å². The van der Waals surface area contributed by atoms with Crippen molar-refractivity contribution in [1.29, 1.82) is 0 Å². The summed E-state index contributed by atoms with van der Waals surface area (Å²) in [6, 6.07) is 0. The molecule has 0 aliphatic carbocycles. The van der Waals surface area contributed by atoms with Crippen molar-refractivity contribution in [3.05, 3.63) is 0 Å². The third-order valence-electron chi connectivity index (χ3n) is 1.46. The lowest BCUT2D eigenvalue weighted by atomic mass is 10.0. The average molecular weight is 170 g/mol. The second-order valence-electron chi connectivity index (χ2n) is 2.23. The van der Waals surface area contributed by atoms with Crippen LogP contribution in [0, 0.1) is 5.92 Å². The summed E-state index contributed by atoms with van der Waals surface area (Å²) in [6.45, 7) is 3.42. The first-order chi connectivity index (χ1) is 4.09. The smallest absolute Gasteiger partial charge is 0.0941 e. The van der Waals surface area contributed by atoms with Crippen molar-refractivity contribution < 1.29 is 5.11 Å². The predicted molar refractivity (Wildman–Crippen MR) is 39.7 cm³/mol. The van der Waals surface area contributed by atoms with E-state index in [-0.39, 0.29) is 11.3 Å². The lowest BCUT2D eigenvalue weighted by Gasteiger charge is -2.15. The lowest BCUT2D eigenvalue weighted by Crippen LogP contribution is -2.23. The van der Waals surface area contributed by atoms with Crippen LogP contribution >= 0.6 is 23.2 Å². The Hall–Kier alpha value is 0.540. The van der Waals surface area contributed by atoms with Crippen molar-refractivity contribution >= 4 is 23.2 Å². The maximum atomic E-state index is 10.7. The standard InChI is InChI=1S/C6H11Cl2O/c1-4(5(2)9)6(8)3-7/h4-6H,3H2,1-2H3. The minimum Gasteiger partial charge on any atom is -0.233 e.